The molecule has 2 aromatic rings. The second-order valence-electron chi connectivity index (χ2n) is 9.52. The molecule has 4 unspecified atom stereocenters. The van der Waals surface area contributed by atoms with E-state index in [2.05, 4.69) is 66.1 Å². The predicted octanol–water partition coefficient (Wildman–Crippen LogP) is 4.05. The Morgan fingerprint density at radius 2 is 1.78 bits per heavy atom. The van der Waals surface area contributed by atoms with Gasteiger partial charge in [-0.1, -0.05) is 48.5 Å². The minimum Gasteiger partial charge on any atom is -0.482 e. The molecule has 0 bridgehead atoms. The van der Waals surface area contributed by atoms with Crippen molar-refractivity contribution in [2.24, 2.45) is 0 Å². The standard InChI is InChI=1S/C27H34N2O3/c1-3-31-24(20-9-5-4-6-10-20)19-28-15-17-29(18-16-28)27(2)14-13-22(30)26-25(27)21-11-7-8-12-23(21)32-26/h4-12,24-26H,3,13-19H2,1-2H3. The van der Waals surface area contributed by atoms with Crippen LogP contribution < -0.4 is 4.74 Å². The van der Waals surface area contributed by atoms with Gasteiger partial charge in [0.05, 0.1) is 12.0 Å². The number of hydrogen-bond acceptors (Lipinski definition) is 5. The summed E-state index contributed by atoms with van der Waals surface area (Å²) in [6.45, 7) is 10.1. The zero-order chi connectivity index (χ0) is 22.1. The van der Waals surface area contributed by atoms with Crippen LogP contribution in [0.5, 0.6) is 5.75 Å². The maximum absolute atomic E-state index is 12.7. The molecule has 0 N–H and O–H groups in total. The van der Waals surface area contributed by atoms with E-state index in [-0.39, 0.29) is 29.4 Å². The smallest absolute Gasteiger partial charge is 0.174 e. The van der Waals surface area contributed by atoms with Crippen LogP contribution in [0, 0.1) is 0 Å². The number of carbonyl (C=O) groups is 1. The molecule has 5 rings (SSSR count). The number of ether oxygens (including phenoxy) is 2. The van der Waals surface area contributed by atoms with Crippen LogP contribution in [-0.4, -0.2) is 66.6 Å². The largest absolute Gasteiger partial charge is 0.482 e. The van der Waals surface area contributed by atoms with Crippen LogP contribution in [-0.2, 0) is 9.53 Å². The summed E-state index contributed by atoms with van der Waals surface area (Å²) in [5.41, 5.74) is 2.39. The van der Waals surface area contributed by atoms with Crippen LogP contribution in [0.15, 0.2) is 54.6 Å². The van der Waals surface area contributed by atoms with Gasteiger partial charge < -0.3 is 9.47 Å². The zero-order valence-corrected chi connectivity index (χ0v) is 19.2. The van der Waals surface area contributed by atoms with Crippen LogP contribution in [0.2, 0.25) is 0 Å². The first-order valence-corrected chi connectivity index (χ1v) is 12.0. The van der Waals surface area contributed by atoms with E-state index in [0.29, 0.717) is 13.0 Å². The molecule has 5 heteroatoms. The van der Waals surface area contributed by atoms with Crippen molar-refractivity contribution >= 4 is 5.78 Å². The van der Waals surface area contributed by atoms with E-state index in [1.54, 1.807) is 0 Å². The highest BCUT2D eigenvalue weighted by atomic mass is 16.5. The van der Waals surface area contributed by atoms with Gasteiger partial charge in [0.25, 0.3) is 0 Å². The summed E-state index contributed by atoms with van der Waals surface area (Å²) in [6, 6.07) is 18.8. The molecule has 1 aliphatic carbocycles. The average Bonchev–Trinajstić information content (AvgIpc) is 3.24. The summed E-state index contributed by atoms with van der Waals surface area (Å²) >= 11 is 0. The van der Waals surface area contributed by atoms with Gasteiger partial charge in [-0.2, -0.15) is 0 Å². The maximum atomic E-state index is 12.7. The van der Waals surface area contributed by atoms with E-state index >= 15 is 0 Å². The molecule has 0 spiro atoms. The van der Waals surface area contributed by atoms with E-state index in [1.807, 2.05) is 12.1 Å². The molecule has 32 heavy (non-hydrogen) atoms. The summed E-state index contributed by atoms with van der Waals surface area (Å²) in [4.78, 5) is 17.9. The summed E-state index contributed by atoms with van der Waals surface area (Å²) in [6.07, 6.45) is 1.28. The third kappa shape index (κ3) is 3.87. The summed E-state index contributed by atoms with van der Waals surface area (Å²) in [5.74, 6) is 1.27. The van der Waals surface area contributed by atoms with E-state index in [0.717, 1.165) is 44.9 Å². The van der Waals surface area contributed by atoms with Crippen LogP contribution in [0.3, 0.4) is 0 Å². The lowest BCUT2D eigenvalue weighted by Gasteiger charge is -2.52. The number of nitrogens with zero attached hydrogens (tertiary/aromatic N) is 2. The van der Waals surface area contributed by atoms with Gasteiger partial charge in [0.15, 0.2) is 11.9 Å². The highest BCUT2D eigenvalue weighted by molar-refractivity contribution is 5.87. The van der Waals surface area contributed by atoms with Crippen molar-refractivity contribution in [1.82, 2.24) is 9.80 Å². The zero-order valence-electron chi connectivity index (χ0n) is 19.2. The summed E-state index contributed by atoms with van der Waals surface area (Å²) < 4.78 is 12.2. The van der Waals surface area contributed by atoms with Crippen molar-refractivity contribution < 1.29 is 14.3 Å². The molecular formula is C27H34N2O3. The van der Waals surface area contributed by atoms with Gasteiger partial charge in [-0.3, -0.25) is 14.6 Å². The number of rotatable bonds is 6. The number of carbonyl (C=O) groups excluding carboxylic acids is 1. The molecule has 0 radical (unpaired) electrons. The normalized spacial score (nSPS) is 29.2. The number of para-hydroxylation sites is 1. The van der Waals surface area contributed by atoms with E-state index < -0.39 is 0 Å². The lowest BCUT2D eigenvalue weighted by molar-refractivity contribution is -0.133. The molecule has 4 atom stereocenters. The van der Waals surface area contributed by atoms with Crippen molar-refractivity contribution in [2.45, 2.75) is 50.4 Å². The minimum atomic E-state index is -0.329. The quantitative estimate of drug-likeness (QED) is 0.686. The fraction of sp³-hybridized carbons (Fsp3) is 0.519. The van der Waals surface area contributed by atoms with Gasteiger partial charge in [0, 0.05) is 56.9 Å². The van der Waals surface area contributed by atoms with E-state index in [9.17, 15) is 4.79 Å². The highest BCUT2D eigenvalue weighted by Crippen LogP contribution is 2.51. The number of fused-ring (bicyclic) bond motifs is 3. The third-order valence-corrected chi connectivity index (χ3v) is 7.73. The molecule has 1 saturated carbocycles. The number of ketones is 1. The fourth-order valence-corrected chi connectivity index (χ4v) is 5.95. The Kier molecular flexibility index (Phi) is 6.06. The van der Waals surface area contributed by atoms with E-state index in [4.69, 9.17) is 9.47 Å². The number of piperazine rings is 1. The Morgan fingerprint density at radius 1 is 1.06 bits per heavy atom. The molecule has 0 aromatic heterocycles. The predicted molar refractivity (Wildman–Crippen MR) is 125 cm³/mol. The Hall–Kier alpha value is -2.21. The van der Waals surface area contributed by atoms with Gasteiger partial charge >= 0.3 is 0 Å². The first-order chi connectivity index (χ1) is 15.6. The van der Waals surface area contributed by atoms with Gasteiger partial charge in [-0.15, -0.1) is 0 Å². The first kappa shape index (κ1) is 21.6. The van der Waals surface area contributed by atoms with Crippen LogP contribution in [0.1, 0.15) is 49.8 Å². The van der Waals surface area contributed by atoms with Crippen molar-refractivity contribution in [3.05, 3.63) is 65.7 Å². The molecule has 2 fully saturated rings. The third-order valence-electron chi connectivity index (χ3n) is 7.73. The van der Waals surface area contributed by atoms with Gasteiger partial charge in [-0.25, -0.2) is 0 Å². The average molecular weight is 435 g/mol. The Balaban J connectivity index is 1.29. The molecule has 5 nitrogen and oxygen atoms in total. The molecule has 1 saturated heterocycles. The highest BCUT2D eigenvalue weighted by Gasteiger charge is 2.55. The number of Topliss-reactive ketones (excluding diaryl/α,β-unsaturated/α-hetero) is 1. The van der Waals surface area contributed by atoms with Gasteiger partial charge in [0.2, 0.25) is 0 Å². The van der Waals surface area contributed by atoms with E-state index in [1.165, 1.54) is 11.1 Å². The molecule has 3 aliphatic rings. The Labute approximate surface area is 191 Å². The fourth-order valence-electron chi connectivity index (χ4n) is 5.95. The Morgan fingerprint density at radius 3 is 2.53 bits per heavy atom. The summed E-state index contributed by atoms with van der Waals surface area (Å²) in [7, 11) is 0. The molecule has 2 aliphatic heterocycles. The second-order valence-corrected chi connectivity index (χ2v) is 9.52. The molecule has 170 valence electrons. The number of hydrogen-bond donors (Lipinski definition) is 0. The lowest BCUT2D eigenvalue weighted by Crippen LogP contribution is -2.62. The minimum absolute atomic E-state index is 0.0595. The maximum Gasteiger partial charge on any atom is 0.174 e. The first-order valence-electron chi connectivity index (χ1n) is 12.0. The number of benzene rings is 2. The Bertz CT molecular complexity index is 941. The van der Waals surface area contributed by atoms with Gasteiger partial charge in [0.1, 0.15) is 5.75 Å². The SMILES string of the molecule is CCOC(CN1CCN(C2(C)CCC(=O)C3Oc4ccccc4C32)CC1)c1ccccc1. The van der Waals surface area contributed by atoms with Crippen molar-refractivity contribution in [3.63, 3.8) is 0 Å². The van der Waals surface area contributed by atoms with Crippen molar-refractivity contribution in [1.29, 1.82) is 0 Å². The van der Waals surface area contributed by atoms with Crippen LogP contribution >= 0.6 is 0 Å². The molecule has 2 heterocycles. The van der Waals surface area contributed by atoms with Crippen LogP contribution in [0.4, 0.5) is 0 Å². The van der Waals surface area contributed by atoms with Gasteiger partial charge in [-0.05, 0) is 31.9 Å². The lowest BCUT2D eigenvalue weighted by atomic mass is 9.68. The molecule has 2 aromatic carbocycles. The molecule has 0 amide bonds. The monoisotopic (exact) mass is 434 g/mol. The molecular weight excluding hydrogens is 400 g/mol. The summed E-state index contributed by atoms with van der Waals surface area (Å²) in [5, 5.41) is 0. The van der Waals surface area contributed by atoms with Crippen molar-refractivity contribution in [2.75, 3.05) is 39.3 Å². The second kappa shape index (κ2) is 8.97. The van der Waals surface area contributed by atoms with Crippen molar-refractivity contribution in [3.8, 4) is 5.75 Å². The topological polar surface area (TPSA) is 42.0 Å². The van der Waals surface area contributed by atoms with Crippen LogP contribution in [0.25, 0.3) is 0 Å².